The number of hydrogen-bond acceptors (Lipinski definition) is 3. The van der Waals surface area contributed by atoms with Crippen LogP contribution in [0, 0.1) is 12.8 Å². The third kappa shape index (κ3) is 2.43. The average Bonchev–Trinajstić information content (AvgIpc) is 3.09. The van der Waals surface area contributed by atoms with Gasteiger partial charge in [-0.15, -0.1) is 0 Å². The molecule has 3 nitrogen and oxygen atoms in total. The zero-order valence-electron chi connectivity index (χ0n) is 9.94. The smallest absolute Gasteiger partial charge is 0.0806 e. The van der Waals surface area contributed by atoms with Crippen molar-refractivity contribution in [3.8, 4) is 0 Å². The second kappa shape index (κ2) is 4.95. The summed E-state index contributed by atoms with van der Waals surface area (Å²) >= 11 is 0. The van der Waals surface area contributed by atoms with Crippen LogP contribution in [0.15, 0.2) is 24.3 Å². The molecule has 2 rings (SSSR count). The van der Waals surface area contributed by atoms with Crippen LogP contribution >= 0.6 is 0 Å². The van der Waals surface area contributed by atoms with Crippen LogP contribution in [-0.2, 0) is 4.74 Å². The Hall–Kier alpha value is -0.900. The third-order valence-corrected chi connectivity index (χ3v) is 3.27. The summed E-state index contributed by atoms with van der Waals surface area (Å²) in [6.45, 7) is 2.09. The number of rotatable bonds is 5. The third-order valence-electron chi connectivity index (χ3n) is 3.27. The van der Waals surface area contributed by atoms with E-state index in [-0.39, 0.29) is 12.1 Å². The lowest BCUT2D eigenvalue weighted by Gasteiger charge is -2.26. The highest BCUT2D eigenvalue weighted by atomic mass is 16.5. The topological polar surface area (TPSA) is 47.3 Å². The number of aryl methyl sites for hydroxylation is 1. The Balaban J connectivity index is 2.20. The van der Waals surface area contributed by atoms with Gasteiger partial charge in [-0.2, -0.15) is 0 Å². The summed E-state index contributed by atoms with van der Waals surface area (Å²) in [6.07, 6.45) is 2.69. The van der Waals surface area contributed by atoms with Crippen LogP contribution < -0.4 is 11.3 Å². The minimum absolute atomic E-state index is 0.0948. The number of nitrogens with two attached hydrogens (primary N) is 1. The molecule has 0 aliphatic heterocycles. The molecule has 1 saturated carbocycles. The van der Waals surface area contributed by atoms with Crippen molar-refractivity contribution in [2.45, 2.75) is 31.9 Å². The van der Waals surface area contributed by atoms with E-state index < -0.39 is 0 Å². The molecule has 3 N–H and O–H groups in total. The van der Waals surface area contributed by atoms with Crippen molar-refractivity contribution >= 4 is 0 Å². The first-order valence-corrected chi connectivity index (χ1v) is 5.81. The van der Waals surface area contributed by atoms with Gasteiger partial charge in [-0.3, -0.25) is 11.3 Å². The van der Waals surface area contributed by atoms with Crippen LogP contribution in [-0.4, -0.2) is 13.2 Å². The second-order valence-corrected chi connectivity index (χ2v) is 4.60. The predicted octanol–water partition coefficient (Wildman–Crippen LogP) is 1.92. The van der Waals surface area contributed by atoms with Crippen molar-refractivity contribution < 1.29 is 4.74 Å². The normalized spacial score (nSPS) is 19.4. The van der Waals surface area contributed by atoms with E-state index in [0.29, 0.717) is 5.92 Å². The average molecular weight is 220 g/mol. The number of hydrogen-bond donors (Lipinski definition) is 2. The molecule has 2 unspecified atom stereocenters. The van der Waals surface area contributed by atoms with Gasteiger partial charge in [-0.25, -0.2) is 0 Å². The van der Waals surface area contributed by atoms with E-state index >= 15 is 0 Å². The Morgan fingerprint density at radius 2 is 2.19 bits per heavy atom. The molecule has 1 aromatic carbocycles. The first-order valence-electron chi connectivity index (χ1n) is 5.81. The monoisotopic (exact) mass is 220 g/mol. The highest BCUT2D eigenvalue weighted by Gasteiger charge is 2.37. The Morgan fingerprint density at radius 3 is 2.69 bits per heavy atom. The molecule has 2 atom stereocenters. The summed E-state index contributed by atoms with van der Waals surface area (Å²) in [6, 6.07) is 8.52. The summed E-state index contributed by atoms with van der Waals surface area (Å²) in [5.41, 5.74) is 5.36. The van der Waals surface area contributed by atoms with Crippen LogP contribution in [0.4, 0.5) is 0 Å². The minimum Gasteiger partial charge on any atom is -0.379 e. The van der Waals surface area contributed by atoms with E-state index in [4.69, 9.17) is 10.6 Å². The second-order valence-electron chi connectivity index (χ2n) is 4.60. The molecule has 0 saturated heterocycles. The van der Waals surface area contributed by atoms with E-state index in [1.54, 1.807) is 7.11 Å². The Labute approximate surface area is 97.0 Å². The molecular formula is C13H20N2O. The van der Waals surface area contributed by atoms with Crippen molar-refractivity contribution in [3.63, 3.8) is 0 Å². The molecule has 1 fully saturated rings. The molecule has 0 radical (unpaired) electrons. The van der Waals surface area contributed by atoms with Crippen LogP contribution in [0.25, 0.3) is 0 Å². The van der Waals surface area contributed by atoms with Crippen LogP contribution in [0.3, 0.4) is 0 Å². The molecule has 16 heavy (non-hydrogen) atoms. The predicted molar refractivity (Wildman–Crippen MR) is 64.8 cm³/mol. The van der Waals surface area contributed by atoms with Crippen LogP contribution in [0.2, 0.25) is 0 Å². The Kier molecular flexibility index (Phi) is 3.59. The fourth-order valence-corrected chi connectivity index (χ4v) is 2.27. The molecule has 0 heterocycles. The number of hydrazine groups is 1. The molecule has 1 aliphatic carbocycles. The lowest BCUT2D eigenvalue weighted by molar-refractivity contribution is 0.0507. The van der Waals surface area contributed by atoms with Gasteiger partial charge in [-0.1, -0.05) is 29.8 Å². The van der Waals surface area contributed by atoms with Gasteiger partial charge in [0.05, 0.1) is 12.1 Å². The van der Waals surface area contributed by atoms with E-state index in [1.807, 2.05) is 0 Å². The van der Waals surface area contributed by atoms with Crippen molar-refractivity contribution in [1.29, 1.82) is 0 Å². The quantitative estimate of drug-likeness (QED) is 0.589. The first kappa shape index (κ1) is 11.6. The molecule has 88 valence electrons. The molecule has 0 aromatic heterocycles. The number of benzene rings is 1. The van der Waals surface area contributed by atoms with Gasteiger partial charge in [0, 0.05) is 7.11 Å². The highest BCUT2D eigenvalue weighted by molar-refractivity contribution is 5.26. The van der Waals surface area contributed by atoms with E-state index in [2.05, 4.69) is 36.6 Å². The maximum atomic E-state index is 5.67. The Morgan fingerprint density at radius 1 is 1.44 bits per heavy atom. The van der Waals surface area contributed by atoms with E-state index in [9.17, 15) is 0 Å². The van der Waals surface area contributed by atoms with Gasteiger partial charge < -0.3 is 4.74 Å². The van der Waals surface area contributed by atoms with E-state index in [0.717, 1.165) is 0 Å². The van der Waals surface area contributed by atoms with Gasteiger partial charge in [0.1, 0.15) is 0 Å². The van der Waals surface area contributed by atoms with Gasteiger partial charge >= 0.3 is 0 Å². The van der Waals surface area contributed by atoms with E-state index in [1.165, 1.54) is 24.0 Å². The first-order chi connectivity index (χ1) is 7.76. The summed E-state index contributed by atoms with van der Waals surface area (Å²) < 4.78 is 5.58. The zero-order valence-corrected chi connectivity index (χ0v) is 9.94. The molecule has 0 amide bonds. The number of methoxy groups -OCH3 is 1. The lowest BCUT2D eigenvalue weighted by Crippen LogP contribution is -2.38. The zero-order chi connectivity index (χ0) is 11.5. The van der Waals surface area contributed by atoms with Crippen LogP contribution in [0.5, 0.6) is 0 Å². The molecule has 1 aliphatic rings. The largest absolute Gasteiger partial charge is 0.379 e. The lowest BCUT2D eigenvalue weighted by atomic mass is 9.97. The molecule has 0 bridgehead atoms. The maximum Gasteiger partial charge on any atom is 0.0806 e. The highest BCUT2D eigenvalue weighted by Crippen LogP contribution is 2.39. The van der Waals surface area contributed by atoms with Crippen molar-refractivity contribution in [3.05, 3.63) is 35.4 Å². The molecule has 3 heteroatoms. The van der Waals surface area contributed by atoms with Gasteiger partial charge in [-0.05, 0) is 31.2 Å². The van der Waals surface area contributed by atoms with Crippen molar-refractivity contribution in [1.82, 2.24) is 5.43 Å². The molecule has 0 spiro atoms. The van der Waals surface area contributed by atoms with Gasteiger partial charge in [0.25, 0.3) is 0 Å². The molecular weight excluding hydrogens is 200 g/mol. The number of ether oxygens (including phenoxy) is 1. The van der Waals surface area contributed by atoms with Crippen molar-refractivity contribution in [2.24, 2.45) is 11.8 Å². The fourth-order valence-electron chi connectivity index (χ4n) is 2.27. The fraction of sp³-hybridized carbons (Fsp3) is 0.538. The standard InChI is InChI=1S/C13H20N2O/c1-9-4-3-5-11(8-9)12(15-14)13(16-2)10-6-7-10/h3-5,8,10,12-13,15H,6-7,14H2,1-2H3. The maximum absolute atomic E-state index is 5.67. The number of nitrogens with one attached hydrogen (secondary N) is 1. The van der Waals surface area contributed by atoms with Gasteiger partial charge in [0.2, 0.25) is 0 Å². The Bertz CT molecular complexity index is 350. The van der Waals surface area contributed by atoms with Crippen LogP contribution in [0.1, 0.15) is 30.0 Å². The summed E-state index contributed by atoms with van der Waals surface area (Å²) in [5.74, 6) is 6.33. The van der Waals surface area contributed by atoms with Gasteiger partial charge in [0.15, 0.2) is 0 Å². The summed E-state index contributed by atoms with van der Waals surface area (Å²) in [5, 5.41) is 0. The minimum atomic E-state index is 0.0948. The SMILES string of the molecule is COC(C1CC1)C(NN)c1cccc(C)c1. The summed E-state index contributed by atoms with van der Waals surface area (Å²) in [4.78, 5) is 0. The summed E-state index contributed by atoms with van der Waals surface area (Å²) in [7, 11) is 1.77. The molecule has 1 aromatic rings. The van der Waals surface area contributed by atoms with Crippen molar-refractivity contribution in [2.75, 3.05) is 7.11 Å².